The van der Waals surface area contributed by atoms with Crippen LogP contribution in [-0.2, 0) is 28.7 Å². The summed E-state index contributed by atoms with van der Waals surface area (Å²) >= 11 is 0. The largest absolute Gasteiger partial charge is 0.386 e. The number of carbonyl (C=O) groups is 4. The molecule has 1 saturated heterocycles. The van der Waals surface area contributed by atoms with E-state index in [2.05, 4.69) is 29.8 Å². The molecule has 12 nitrogen and oxygen atoms in total. The maximum absolute atomic E-state index is 14.7. The zero-order valence-corrected chi connectivity index (χ0v) is 32.3. The van der Waals surface area contributed by atoms with Crippen LogP contribution in [-0.4, -0.2) is 116 Å². The molecule has 4 N–H and O–H groups in total. The highest BCUT2D eigenvalue weighted by atomic mass is 16.5. The molecule has 1 aromatic rings. The van der Waals surface area contributed by atoms with E-state index in [0.717, 1.165) is 6.42 Å². The van der Waals surface area contributed by atoms with Gasteiger partial charge in [0.1, 0.15) is 12.1 Å². The second kappa shape index (κ2) is 20.7. The Morgan fingerprint density at radius 2 is 1.58 bits per heavy atom. The number of aliphatic hydroxyl groups excluding tert-OH is 1. The fraction of sp³-hybridized carbons (Fsp3) is 0.737. The first-order chi connectivity index (χ1) is 23.6. The molecule has 50 heavy (non-hydrogen) atoms. The van der Waals surface area contributed by atoms with Crippen molar-refractivity contribution in [3.05, 3.63) is 35.9 Å². The van der Waals surface area contributed by atoms with Gasteiger partial charge in [-0.15, -0.1) is 0 Å². The SMILES string of the molecule is CC[C@H](C)C[C@H](OC)[C@@H](C(=O)N1CCC[C@H]1[C@@H](CC(=O)N[C@H](C)[C@@H](O)c1ccccc1)OC)N(C)C(=O)[C@@H](NC(=O)[C@@H](NC)C(C)C)C(C)C. The number of methoxy groups -OCH3 is 2. The van der Waals surface area contributed by atoms with Crippen LogP contribution in [0.25, 0.3) is 0 Å². The Hall–Kier alpha value is -3.06. The van der Waals surface area contributed by atoms with Gasteiger partial charge in [0.05, 0.1) is 42.9 Å². The number of amides is 4. The molecular weight excluding hydrogens is 638 g/mol. The molecule has 2 rings (SSSR count). The minimum atomic E-state index is -0.974. The lowest BCUT2D eigenvalue weighted by molar-refractivity contribution is -0.155. The van der Waals surface area contributed by atoms with Crippen molar-refractivity contribution in [2.75, 3.05) is 34.9 Å². The minimum Gasteiger partial charge on any atom is -0.386 e. The van der Waals surface area contributed by atoms with Crippen LogP contribution in [0, 0.1) is 17.8 Å². The average Bonchev–Trinajstić information content (AvgIpc) is 3.58. The summed E-state index contributed by atoms with van der Waals surface area (Å²) in [4.78, 5) is 58.7. The summed E-state index contributed by atoms with van der Waals surface area (Å²) in [6, 6.07) is 5.86. The summed E-state index contributed by atoms with van der Waals surface area (Å²) in [6.07, 6.45) is 0.626. The van der Waals surface area contributed by atoms with Gasteiger partial charge >= 0.3 is 0 Å². The van der Waals surface area contributed by atoms with Crippen molar-refractivity contribution in [3.8, 4) is 0 Å². The fourth-order valence-corrected chi connectivity index (χ4v) is 6.88. The van der Waals surface area contributed by atoms with Crippen LogP contribution in [0.15, 0.2) is 30.3 Å². The Bertz CT molecular complexity index is 1220. The third-order valence-corrected chi connectivity index (χ3v) is 10.2. The summed E-state index contributed by atoms with van der Waals surface area (Å²) in [5, 5.41) is 19.7. The predicted molar refractivity (Wildman–Crippen MR) is 195 cm³/mol. The molecule has 0 aromatic heterocycles. The van der Waals surface area contributed by atoms with Crippen molar-refractivity contribution < 1.29 is 33.8 Å². The molecule has 1 aromatic carbocycles. The quantitative estimate of drug-likeness (QED) is 0.162. The van der Waals surface area contributed by atoms with Crippen molar-refractivity contribution in [1.29, 1.82) is 0 Å². The lowest BCUT2D eigenvalue weighted by Gasteiger charge is -2.40. The number of likely N-dealkylation sites (N-methyl/N-ethyl adjacent to an activating group) is 2. The minimum absolute atomic E-state index is 0.00317. The molecule has 0 aliphatic carbocycles. The van der Waals surface area contributed by atoms with Crippen molar-refractivity contribution in [1.82, 2.24) is 25.8 Å². The van der Waals surface area contributed by atoms with Crippen LogP contribution >= 0.6 is 0 Å². The number of hydrogen-bond donors (Lipinski definition) is 4. The molecule has 0 radical (unpaired) electrons. The summed E-state index contributed by atoms with van der Waals surface area (Å²) in [5.74, 6) is -1.25. The van der Waals surface area contributed by atoms with Crippen molar-refractivity contribution in [2.24, 2.45) is 17.8 Å². The van der Waals surface area contributed by atoms with E-state index in [0.29, 0.717) is 31.4 Å². The molecule has 4 amide bonds. The normalized spacial score (nSPS) is 19.6. The number of rotatable bonds is 20. The first-order valence-electron chi connectivity index (χ1n) is 18.3. The number of carbonyl (C=O) groups excluding carboxylic acids is 4. The molecule has 0 bridgehead atoms. The Morgan fingerprint density at radius 3 is 2.10 bits per heavy atom. The van der Waals surface area contributed by atoms with Gasteiger partial charge in [0.25, 0.3) is 0 Å². The van der Waals surface area contributed by atoms with Crippen LogP contribution in [0.4, 0.5) is 0 Å². The van der Waals surface area contributed by atoms with Gasteiger partial charge in [0, 0.05) is 27.8 Å². The predicted octanol–water partition coefficient (Wildman–Crippen LogP) is 3.28. The molecule has 1 fully saturated rings. The lowest BCUT2D eigenvalue weighted by atomic mass is 9.93. The number of nitrogens with one attached hydrogen (secondary N) is 3. The van der Waals surface area contributed by atoms with Crippen molar-refractivity contribution in [3.63, 3.8) is 0 Å². The fourth-order valence-electron chi connectivity index (χ4n) is 6.88. The number of benzene rings is 1. The van der Waals surface area contributed by atoms with Crippen molar-refractivity contribution in [2.45, 2.75) is 129 Å². The number of hydrogen-bond acceptors (Lipinski definition) is 8. The first kappa shape index (κ1) is 43.1. The summed E-state index contributed by atoms with van der Waals surface area (Å²) in [6.45, 7) is 14.0. The summed E-state index contributed by atoms with van der Waals surface area (Å²) in [7, 11) is 6.41. The molecule has 0 spiro atoms. The highest BCUT2D eigenvalue weighted by Crippen LogP contribution is 2.29. The Balaban J connectivity index is 2.36. The molecule has 1 aliphatic heterocycles. The maximum atomic E-state index is 14.7. The van der Waals surface area contributed by atoms with Crippen LogP contribution in [0.1, 0.15) is 92.2 Å². The van der Waals surface area contributed by atoms with Gasteiger partial charge in [-0.25, -0.2) is 0 Å². The Kier molecular flexibility index (Phi) is 17.9. The van der Waals surface area contributed by atoms with Gasteiger partial charge in [-0.2, -0.15) is 0 Å². The number of aliphatic hydroxyl groups is 1. The summed E-state index contributed by atoms with van der Waals surface area (Å²) < 4.78 is 11.8. The molecule has 0 saturated carbocycles. The number of nitrogens with zero attached hydrogens (tertiary/aromatic N) is 2. The Labute approximate surface area is 300 Å². The lowest BCUT2D eigenvalue weighted by Crippen LogP contribution is -2.62. The van der Waals surface area contributed by atoms with Crippen LogP contribution in [0.5, 0.6) is 0 Å². The standard InChI is InChI=1S/C38H65N5O7/c1-12-25(6)21-30(50-11)34(42(9)37(47)33(24(4)5)41-36(46)32(39-8)23(2)3)38(48)43-20-16-19-28(43)29(49-10)22-31(44)40-26(7)35(45)27-17-14-13-15-18-27/h13-15,17-18,23-26,28-30,32-35,39,45H,12,16,19-22H2,1-11H3,(H,40,44)(H,41,46)/t25-,26+,28-,29+,30-,32-,33-,34-,35+/m0/s1. The highest BCUT2D eigenvalue weighted by molar-refractivity contribution is 5.93. The molecule has 9 atom stereocenters. The van der Waals surface area contributed by atoms with E-state index < -0.39 is 48.5 Å². The average molecular weight is 704 g/mol. The van der Waals surface area contributed by atoms with E-state index in [1.54, 1.807) is 33.0 Å². The van der Waals surface area contributed by atoms with E-state index in [9.17, 15) is 24.3 Å². The topological polar surface area (TPSA) is 150 Å². The second-order valence-corrected chi connectivity index (χ2v) is 14.6. The molecule has 1 heterocycles. The van der Waals surface area contributed by atoms with E-state index in [4.69, 9.17) is 9.47 Å². The maximum Gasteiger partial charge on any atom is 0.248 e. The third-order valence-electron chi connectivity index (χ3n) is 10.2. The molecule has 1 aliphatic rings. The molecule has 284 valence electrons. The van der Waals surface area contributed by atoms with Crippen LogP contribution in [0.2, 0.25) is 0 Å². The monoisotopic (exact) mass is 703 g/mol. The zero-order valence-electron chi connectivity index (χ0n) is 32.3. The third kappa shape index (κ3) is 11.5. The van der Waals surface area contributed by atoms with Gasteiger partial charge < -0.3 is 40.3 Å². The molecular formula is C38H65N5O7. The van der Waals surface area contributed by atoms with E-state index in [-0.39, 0.29) is 47.8 Å². The number of likely N-dealkylation sites (tertiary alicyclic amines) is 1. The van der Waals surface area contributed by atoms with Gasteiger partial charge in [0.2, 0.25) is 23.6 Å². The molecule has 0 unspecified atom stereocenters. The first-order valence-corrected chi connectivity index (χ1v) is 18.3. The zero-order chi connectivity index (χ0) is 37.7. The van der Waals surface area contributed by atoms with Crippen LogP contribution in [0.3, 0.4) is 0 Å². The van der Waals surface area contributed by atoms with E-state index in [1.807, 2.05) is 58.0 Å². The smallest absolute Gasteiger partial charge is 0.248 e. The van der Waals surface area contributed by atoms with E-state index >= 15 is 0 Å². The molecule has 12 heteroatoms. The number of ether oxygens (including phenoxy) is 2. The van der Waals surface area contributed by atoms with Gasteiger partial charge in [-0.3, -0.25) is 19.2 Å². The van der Waals surface area contributed by atoms with E-state index in [1.165, 1.54) is 12.0 Å². The van der Waals surface area contributed by atoms with Gasteiger partial charge in [-0.05, 0) is 56.6 Å². The second-order valence-electron chi connectivity index (χ2n) is 14.6. The van der Waals surface area contributed by atoms with Gasteiger partial charge in [0.15, 0.2) is 0 Å². The summed E-state index contributed by atoms with van der Waals surface area (Å²) in [5.41, 5.74) is 0.701. The van der Waals surface area contributed by atoms with Crippen molar-refractivity contribution >= 4 is 23.6 Å². The van der Waals surface area contributed by atoms with Gasteiger partial charge in [-0.1, -0.05) is 78.3 Å². The highest BCUT2D eigenvalue weighted by Gasteiger charge is 2.45. The van der Waals surface area contributed by atoms with Crippen LogP contribution < -0.4 is 16.0 Å². The Morgan fingerprint density at radius 1 is 0.960 bits per heavy atom.